The van der Waals surface area contributed by atoms with Gasteiger partial charge in [-0.1, -0.05) is 56.3 Å². The third kappa shape index (κ3) is 5.05. The van der Waals surface area contributed by atoms with E-state index in [1.54, 1.807) is 11.3 Å². The second-order valence-electron chi connectivity index (χ2n) is 7.61. The van der Waals surface area contributed by atoms with E-state index >= 15 is 0 Å². The van der Waals surface area contributed by atoms with E-state index in [4.69, 9.17) is 9.72 Å². The molecule has 2 aromatic carbocycles. The largest absolute Gasteiger partial charge is 0.455 e. The van der Waals surface area contributed by atoms with Crippen molar-refractivity contribution in [2.45, 2.75) is 51.5 Å². The first-order valence-electron chi connectivity index (χ1n) is 10.3. The van der Waals surface area contributed by atoms with Gasteiger partial charge in [-0.15, -0.1) is 11.3 Å². The van der Waals surface area contributed by atoms with Crippen LogP contribution in [0.3, 0.4) is 0 Å². The predicted molar refractivity (Wildman–Crippen MR) is 121 cm³/mol. The summed E-state index contributed by atoms with van der Waals surface area (Å²) in [5.41, 5.74) is 0.824. The molecule has 0 saturated carbocycles. The normalized spacial score (nSPS) is 13.2. The molecule has 1 N–H and O–H groups in total. The number of hydrogen-bond acceptors (Lipinski definition) is 5. The molecule has 6 heteroatoms. The number of fused-ring (bicyclic) bond motifs is 1. The Morgan fingerprint density at radius 2 is 1.73 bits per heavy atom. The lowest BCUT2D eigenvalue weighted by Crippen LogP contribution is -2.41. The monoisotopic (exact) mass is 424 g/mol. The molecule has 1 atom stereocenters. The van der Waals surface area contributed by atoms with Crippen LogP contribution in [-0.4, -0.2) is 29.5 Å². The average Bonchev–Trinajstić information content (AvgIpc) is 3.18. The molecule has 5 nitrogen and oxygen atoms in total. The van der Waals surface area contributed by atoms with Crippen molar-refractivity contribution in [1.82, 2.24) is 10.3 Å². The van der Waals surface area contributed by atoms with Crippen LogP contribution in [0.5, 0.6) is 0 Å². The molecule has 3 rings (SSSR count). The highest BCUT2D eigenvalue weighted by atomic mass is 32.1. The number of esters is 1. The van der Waals surface area contributed by atoms with Gasteiger partial charge in [-0.25, -0.2) is 4.98 Å². The summed E-state index contributed by atoms with van der Waals surface area (Å²) in [5.74, 6) is -0.694. The summed E-state index contributed by atoms with van der Waals surface area (Å²) >= 11 is 1.58. The molecule has 0 aliphatic rings. The first-order valence-corrected chi connectivity index (χ1v) is 11.1. The number of hydrogen-bond donors (Lipinski definition) is 1. The topological polar surface area (TPSA) is 68.3 Å². The Hall–Kier alpha value is -2.73. The van der Waals surface area contributed by atoms with Crippen LogP contribution in [0.15, 0.2) is 54.6 Å². The Labute approximate surface area is 181 Å². The Bertz CT molecular complexity index is 965. The van der Waals surface area contributed by atoms with E-state index in [1.165, 1.54) is 0 Å². The fraction of sp³-hybridized carbons (Fsp3) is 0.375. The van der Waals surface area contributed by atoms with Gasteiger partial charge in [0, 0.05) is 12.5 Å². The van der Waals surface area contributed by atoms with Gasteiger partial charge < -0.3 is 10.1 Å². The number of benzene rings is 2. The molecule has 0 bridgehead atoms. The molecule has 0 aliphatic carbocycles. The summed E-state index contributed by atoms with van der Waals surface area (Å²) in [6, 6.07) is 17.6. The van der Waals surface area contributed by atoms with Gasteiger partial charge in [0.15, 0.2) is 6.61 Å². The number of carbonyl (C=O) groups is 2. The van der Waals surface area contributed by atoms with Crippen LogP contribution in [0.1, 0.15) is 44.2 Å². The number of carbonyl (C=O) groups excluding carboxylic acids is 2. The van der Waals surface area contributed by atoms with Crippen molar-refractivity contribution in [3.8, 4) is 0 Å². The molecule has 0 unspecified atom stereocenters. The van der Waals surface area contributed by atoms with Gasteiger partial charge in [0.1, 0.15) is 0 Å². The minimum Gasteiger partial charge on any atom is -0.455 e. The number of nitrogens with zero attached hydrogens (tertiary/aromatic N) is 1. The van der Waals surface area contributed by atoms with Gasteiger partial charge in [-0.2, -0.15) is 0 Å². The first-order chi connectivity index (χ1) is 14.5. The summed E-state index contributed by atoms with van der Waals surface area (Å²) < 4.78 is 6.57. The SMILES string of the molecule is CCC(CC)NC(=O)COC(=O)[C@](C)(Cc1nc2ccccc2s1)c1ccccc1. The van der Waals surface area contributed by atoms with Crippen LogP contribution in [0, 0.1) is 0 Å². The van der Waals surface area contributed by atoms with E-state index in [0.29, 0.717) is 6.42 Å². The van der Waals surface area contributed by atoms with Crippen molar-refractivity contribution in [3.05, 3.63) is 65.2 Å². The molecule has 1 heterocycles. The van der Waals surface area contributed by atoms with Gasteiger partial charge in [0.05, 0.1) is 20.6 Å². The van der Waals surface area contributed by atoms with Crippen LogP contribution < -0.4 is 5.32 Å². The minimum atomic E-state index is -0.940. The Kier molecular flexibility index (Phi) is 7.21. The molecule has 0 aliphatic heterocycles. The smallest absolute Gasteiger partial charge is 0.317 e. The average molecular weight is 425 g/mol. The van der Waals surface area contributed by atoms with Gasteiger partial charge in [0.2, 0.25) is 0 Å². The number of rotatable bonds is 9. The number of para-hydroxylation sites is 1. The quantitative estimate of drug-likeness (QED) is 0.508. The van der Waals surface area contributed by atoms with Crippen molar-refractivity contribution in [2.24, 2.45) is 0 Å². The minimum absolute atomic E-state index is 0.0967. The molecular weight excluding hydrogens is 396 g/mol. The third-order valence-electron chi connectivity index (χ3n) is 5.39. The van der Waals surface area contributed by atoms with Crippen LogP contribution in [0.25, 0.3) is 10.2 Å². The Morgan fingerprint density at radius 3 is 2.40 bits per heavy atom. The maximum atomic E-state index is 13.2. The van der Waals surface area contributed by atoms with Gasteiger partial charge in [-0.05, 0) is 37.5 Å². The van der Waals surface area contributed by atoms with E-state index in [1.807, 2.05) is 75.4 Å². The molecule has 0 fully saturated rings. The predicted octanol–water partition coefficient (Wildman–Crippen LogP) is 4.64. The van der Waals surface area contributed by atoms with Crippen molar-refractivity contribution < 1.29 is 14.3 Å². The van der Waals surface area contributed by atoms with Crippen LogP contribution in [-0.2, 0) is 26.2 Å². The van der Waals surface area contributed by atoms with Gasteiger partial charge in [0.25, 0.3) is 5.91 Å². The van der Waals surface area contributed by atoms with E-state index in [2.05, 4.69) is 5.32 Å². The van der Waals surface area contributed by atoms with Crippen LogP contribution in [0.4, 0.5) is 0 Å². The van der Waals surface area contributed by atoms with Crippen molar-refractivity contribution in [3.63, 3.8) is 0 Å². The lowest BCUT2D eigenvalue weighted by atomic mass is 9.79. The summed E-state index contributed by atoms with van der Waals surface area (Å²) in [4.78, 5) is 30.1. The van der Waals surface area contributed by atoms with E-state index in [9.17, 15) is 9.59 Å². The zero-order valence-electron chi connectivity index (χ0n) is 17.7. The maximum Gasteiger partial charge on any atom is 0.317 e. The molecule has 1 aromatic heterocycles. The number of ether oxygens (including phenoxy) is 1. The fourth-order valence-corrected chi connectivity index (χ4v) is 4.57. The second kappa shape index (κ2) is 9.85. The first kappa shape index (κ1) is 22.0. The highest BCUT2D eigenvalue weighted by Gasteiger charge is 2.38. The Balaban J connectivity index is 1.79. The third-order valence-corrected chi connectivity index (χ3v) is 6.43. The summed E-state index contributed by atoms with van der Waals surface area (Å²) in [6.07, 6.45) is 2.09. The number of aromatic nitrogens is 1. The fourth-order valence-electron chi connectivity index (χ4n) is 3.45. The summed E-state index contributed by atoms with van der Waals surface area (Å²) in [5, 5.41) is 3.77. The molecule has 3 aromatic rings. The molecule has 1 amide bonds. The van der Waals surface area contributed by atoms with Gasteiger partial charge in [-0.3, -0.25) is 9.59 Å². The zero-order chi connectivity index (χ0) is 21.6. The van der Waals surface area contributed by atoms with Crippen LogP contribution >= 0.6 is 11.3 Å². The zero-order valence-corrected chi connectivity index (χ0v) is 18.5. The van der Waals surface area contributed by atoms with Crippen molar-refractivity contribution >= 4 is 33.4 Å². The number of nitrogens with one attached hydrogen (secondary N) is 1. The van der Waals surface area contributed by atoms with E-state index < -0.39 is 11.4 Å². The summed E-state index contributed by atoms with van der Waals surface area (Å²) in [6.45, 7) is 5.61. The van der Waals surface area contributed by atoms with Crippen molar-refractivity contribution in [2.75, 3.05) is 6.61 Å². The molecule has 158 valence electrons. The molecular formula is C24H28N2O3S. The van der Waals surface area contributed by atoms with E-state index in [0.717, 1.165) is 33.6 Å². The standard InChI is InChI=1S/C24H28N2O3S/c1-4-18(5-2)25-21(27)16-29-23(28)24(3,17-11-7-6-8-12-17)15-22-26-19-13-9-10-14-20(19)30-22/h6-14,18H,4-5,15-16H2,1-3H3,(H,25,27)/t24-/m1/s1. The lowest BCUT2D eigenvalue weighted by Gasteiger charge is -2.27. The number of thiazole rings is 1. The molecule has 0 radical (unpaired) electrons. The number of amides is 1. The van der Waals surface area contributed by atoms with Gasteiger partial charge >= 0.3 is 5.97 Å². The summed E-state index contributed by atoms with van der Waals surface area (Å²) in [7, 11) is 0. The molecule has 0 saturated heterocycles. The van der Waals surface area contributed by atoms with Crippen molar-refractivity contribution in [1.29, 1.82) is 0 Å². The van der Waals surface area contributed by atoms with E-state index in [-0.39, 0.29) is 18.6 Å². The second-order valence-corrected chi connectivity index (χ2v) is 8.72. The lowest BCUT2D eigenvalue weighted by molar-refractivity contribution is -0.154. The highest BCUT2D eigenvalue weighted by Crippen LogP contribution is 2.33. The molecule has 30 heavy (non-hydrogen) atoms. The Morgan fingerprint density at radius 1 is 1.07 bits per heavy atom. The molecule has 0 spiro atoms. The highest BCUT2D eigenvalue weighted by molar-refractivity contribution is 7.18. The van der Waals surface area contributed by atoms with Crippen LogP contribution in [0.2, 0.25) is 0 Å². The maximum absolute atomic E-state index is 13.2.